The Morgan fingerprint density at radius 2 is 1.86 bits per heavy atom. The first kappa shape index (κ1) is 17.6. The first-order valence-corrected chi connectivity index (χ1v) is 9.40. The van der Waals surface area contributed by atoms with E-state index < -0.39 is 0 Å². The highest BCUT2D eigenvalue weighted by Crippen LogP contribution is 2.24. The van der Waals surface area contributed by atoms with Gasteiger partial charge < -0.3 is 9.73 Å². The van der Waals surface area contributed by atoms with E-state index in [1.165, 1.54) is 70.9 Å². The Morgan fingerprint density at radius 1 is 1.09 bits per heavy atom. The number of piperidine rings is 1. The minimum Gasteiger partial charge on any atom is -0.468 e. The monoisotopic (exact) mass is 306 g/mol. The van der Waals surface area contributed by atoms with Crippen LogP contribution in [0, 0.1) is 0 Å². The maximum atomic E-state index is 5.69. The molecule has 0 aliphatic carbocycles. The topological polar surface area (TPSA) is 28.4 Å². The lowest BCUT2D eigenvalue weighted by molar-refractivity contribution is 0.143. The third-order valence-corrected chi connectivity index (χ3v) is 4.75. The quantitative estimate of drug-likeness (QED) is 0.598. The van der Waals surface area contributed by atoms with E-state index in [9.17, 15) is 0 Å². The molecule has 1 aliphatic rings. The van der Waals surface area contributed by atoms with Gasteiger partial charge in [-0.1, -0.05) is 45.4 Å². The highest BCUT2D eigenvalue weighted by molar-refractivity contribution is 5.06. The van der Waals surface area contributed by atoms with Gasteiger partial charge in [0.05, 0.1) is 12.3 Å². The van der Waals surface area contributed by atoms with Gasteiger partial charge in [0.2, 0.25) is 0 Å². The largest absolute Gasteiger partial charge is 0.468 e. The molecule has 3 nitrogen and oxygen atoms in total. The summed E-state index contributed by atoms with van der Waals surface area (Å²) in [4.78, 5) is 2.59. The molecule has 0 saturated carbocycles. The van der Waals surface area contributed by atoms with Crippen molar-refractivity contribution in [3.05, 3.63) is 24.2 Å². The van der Waals surface area contributed by atoms with E-state index in [1.54, 1.807) is 6.26 Å². The highest BCUT2D eigenvalue weighted by atomic mass is 16.3. The molecule has 1 aromatic rings. The lowest BCUT2D eigenvalue weighted by Crippen LogP contribution is -2.39. The zero-order valence-electron chi connectivity index (χ0n) is 14.4. The van der Waals surface area contributed by atoms with Gasteiger partial charge in [-0.15, -0.1) is 0 Å². The minimum absolute atomic E-state index is 0.412. The molecule has 2 rings (SSSR count). The number of furan rings is 1. The molecule has 0 amide bonds. The average Bonchev–Trinajstić information content (AvgIpc) is 3.08. The predicted octanol–water partition coefficient (Wildman–Crippen LogP) is 4.76. The Kier molecular flexibility index (Phi) is 8.65. The van der Waals surface area contributed by atoms with Gasteiger partial charge in [0.1, 0.15) is 5.76 Å². The van der Waals surface area contributed by atoms with Crippen LogP contribution in [0.1, 0.15) is 76.5 Å². The summed E-state index contributed by atoms with van der Waals surface area (Å²) in [6, 6.07) is 4.56. The van der Waals surface area contributed by atoms with Gasteiger partial charge in [-0.2, -0.15) is 0 Å². The molecule has 3 heteroatoms. The second-order valence-electron chi connectivity index (χ2n) is 6.60. The Hall–Kier alpha value is -0.800. The summed E-state index contributed by atoms with van der Waals surface area (Å²) in [7, 11) is 0. The Balaban J connectivity index is 1.67. The number of rotatable bonds is 11. The first-order chi connectivity index (χ1) is 10.9. The van der Waals surface area contributed by atoms with Gasteiger partial charge >= 0.3 is 0 Å². The average molecular weight is 306 g/mol. The van der Waals surface area contributed by atoms with Crippen molar-refractivity contribution < 1.29 is 4.42 Å². The van der Waals surface area contributed by atoms with E-state index in [-0.39, 0.29) is 0 Å². The molecule has 1 fully saturated rings. The molecule has 0 bridgehead atoms. The second kappa shape index (κ2) is 10.8. The summed E-state index contributed by atoms with van der Waals surface area (Å²) in [6.07, 6.45) is 14.0. The molecule has 1 aliphatic heterocycles. The smallest absolute Gasteiger partial charge is 0.122 e. The van der Waals surface area contributed by atoms with Crippen molar-refractivity contribution in [2.45, 2.75) is 70.8 Å². The molecule has 126 valence electrons. The fourth-order valence-corrected chi connectivity index (χ4v) is 3.39. The number of likely N-dealkylation sites (tertiary alicyclic amines) is 1. The van der Waals surface area contributed by atoms with Crippen molar-refractivity contribution in [3.63, 3.8) is 0 Å². The van der Waals surface area contributed by atoms with E-state index in [0.29, 0.717) is 6.04 Å². The molecule has 1 N–H and O–H groups in total. The summed E-state index contributed by atoms with van der Waals surface area (Å²) in [5.41, 5.74) is 0. The van der Waals surface area contributed by atoms with Crippen molar-refractivity contribution >= 4 is 0 Å². The zero-order chi connectivity index (χ0) is 15.5. The molecule has 0 spiro atoms. The van der Waals surface area contributed by atoms with Crippen LogP contribution in [0.5, 0.6) is 0 Å². The number of hydrogen-bond acceptors (Lipinski definition) is 3. The maximum Gasteiger partial charge on any atom is 0.122 e. The predicted molar refractivity (Wildman–Crippen MR) is 93.1 cm³/mol. The van der Waals surface area contributed by atoms with Crippen LogP contribution in [0.25, 0.3) is 0 Å². The van der Waals surface area contributed by atoms with Crippen molar-refractivity contribution in [2.75, 3.05) is 26.2 Å². The molecular weight excluding hydrogens is 272 g/mol. The molecule has 1 aromatic heterocycles. The van der Waals surface area contributed by atoms with Crippen LogP contribution in [-0.2, 0) is 0 Å². The summed E-state index contributed by atoms with van der Waals surface area (Å²) >= 11 is 0. The maximum absolute atomic E-state index is 5.69. The third kappa shape index (κ3) is 6.13. The molecule has 2 heterocycles. The summed E-state index contributed by atoms with van der Waals surface area (Å²) < 4.78 is 5.69. The van der Waals surface area contributed by atoms with Crippen LogP contribution in [-0.4, -0.2) is 31.1 Å². The fourth-order valence-electron chi connectivity index (χ4n) is 3.39. The second-order valence-corrected chi connectivity index (χ2v) is 6.60. The van der Waals surface area contributed by atoms with Crippen molar-refractivity contribution in [1.29, 1.82) is 0 Å². The number of hydrogen-bond donors (Lipinski definition) is 1. The lowest BCUT2D eigenvalue weighted by atomic mass is 10.1. The summed E-state index contributed by atoms with van der Waals surface area (Å²) in [5.74, 6) is 1.12. The normalized spacial score (nSPS) is 17.7. The molecule has 22 heavy (non-hydrogen) atoms. The van der Waals surface area contributed by atoms with Crippen LogP contribution in [0.3, 0.4) is 0 Å². The Morgan fingerprint density at radius 3 is 2.59 bits per heavy atom. The lowest BCUT2D eigenvalue weighted by Gasteiger charge is -2.33. The molecule has 0 radical (unpaired) electrons. The summed E-state index contributed by atoms with van der Waals surface area (Å²) in [5, 5.41) is 3.66. The molecular formula is C19H34N2O. The van der Waals surface area contributed by atoms with Gasteiger partial charge in [0, 0.05) is 6.54 Å². The van der Waals surface area contributed by atoms with Crippen LogP contribution >= 0.6 is 0 Å². The highest BCUT2D eigenvalue weighted by Gasteiger charge is 2.23. The number of nitrogens with zero attached hydrogens (tertiary/aromatic N) is 1. The van der Waals surface area contributed by atoms with E-state index in [4.69, 9.17) is 4.42 Å². The van der Waals surface area contributed by atoms with Crippen LogP contribution in [0.15, 0.2) is 22.8 Å². The number of unbranched alkanes of at least 4 members (excludes halogenated alkanes) is 5. The minimum atomic E-state index is 0.412. The van der Waals surface area contributed by atoms with Gasteiger partial charge in [-0.25, -0.2) is 0 Å². The van der Waals surface area contributed by atoms with E-state index in [0.717, 1.165) is 18.8 Å². The van der Waals surface area contributed by atoms with Crippen LogP contribution < -0.4 is 5.32 Å². The standard InChI is InChI=1S/C19H34N2O/c1-2-3-4-5-6-8-13-20-17-18(19-12-11-16-22-19)21-14-9-7-10-15-21/h11-12,16,18,20H,2-10,13-15,17H2,1H3. The Bertz CT molecular complexity index is 358. The van der Waals surface area contributed by atoms with E-state index in [1.807, 2.05) is 6.07 Å². The van der Waals surface area contributed by atoms with Gasteiger partial charge in [-0.3, -0.25) is 4.90 Å². The third-order valence-electron chi connectivity index (χ3n) is 4.75. The number of nitrogens with one attached hydrogen (secondary N) is 1. The van der Waals surface area contributed by atoms with Crippen LogP contribution in [0.2, 0.25) is 0 Å². The summed E-state index contributed by atoms with van der Waals surface area (Å²) in [6.45, 7) is 6.85. The van der Waals surface area contributed by atoms with Crippen molar-refractivity contribution in [2.24, 2.45) is 0 Å². The SMILES string of the molecule is CCCCCCCCNCC(c1ccco1)N1CCCCC1. The molecule has 1 saturated heterocycles. The van der Waals surface area contributed by atoms with Gasteiger partial charge in [-0.05, 0) is 51.0 Å². The Labute approximate surface area is 136 Å². The zero-order valence-corrected chi connectivity index (χ0v) is 14.4. The molecule has 1 atom stereocenters. The fraction of sp³-hybridized carbons (Fsp3) is 0.789. The van der Waals surface area contributed by atoms with Crippen LogP contribution in [0.4, 0.5) is 0 Å². The van der Waals surface area contributed by atoms with Crippen molar-refractivity contribution in [3.8, 4) is 0 Å². The molecule has 0 aromatic carbocycles. The molecule has 1 unspecified atom stereocenters. The van der Waals surface area contributed by atoms with Gasteiger partial charge in [0.15, 0.2) is 0 Å². The van der Waals surface area contributed by atoms with E-state index >= 15 is 0 Å². The van der Waals surface area contributed by atoms with Crippen molar-refractivity contribution in [1.82, 2.24) is 10.2 Å². The van der Waals surface area contributed by atoms with Gasteiger partial charge in [0.25, 0.3) is 0 Å². The van der Waals surface area contributed by atoms with E-state index in [2.05, 4.69) is 23.2 Å². The first-order valence-electron chi connectivity index (χ1n) is 9.40.